The molecule has 0 aliphatic carbocycles. The van der Waals surface area contributed by atoms with Crippen LogP contribution in [0.5, 0.6) is 0 Å². The lowest BCUT2D eigenvalue weighted by atomic mass is 10.3. The Morgan fingerprint density at radius 3 is 2.93 bits per heavy atom. The van der Waals surface area contributed by atoms with E-state index in [1.165, 1.54) is 10.8 Å². The highest BCUT2D eigenvalue weighted by Crippen LogP contribution is 2.09. The molecule has 0 spiro atoms. The summed E-state index contributed by atoms with van der Waals surface area (Å²) in [7, 11) is 0. The average molecular weight is 213 g/mol. The summed E-state index contributed by atoms with van der Waals surface area (Å²) in [6, 6.07) is 0. The van der Waals surface area contributed by atoms with Crippen LogP contribution in [0.3, 0.4) is 0 Å². The molecule has 6 nitrogen and oxygen atoms in total. The molecule has 0 radical (unpaired) electrons. The lowest BCUT2D eigenvalue weighted by Gasteiger charge is -2.15. The molecule has 1 aromatic rings. The first-order valence-electron chi connectivity index (χ1n) is 4.70. The Hall–Kier alpha value is -1.40. The van der Waals surface area contributed by atoms with Crippen molar-refractivity contribution in [2.24, 2.45) is 0 Å². The number of rotatable bonds is 4. The van der Waals surface area contributed by atoms with Crippen LogP contribution in [0, 0.1) is 0 Å². The van der Waals surface area contributed by atoms with Gasteiger partial charge in [-0.2, -0.15) is 4.98 Å². The van der Waals surface area contributed by atoms with Gasteiger partial charge in [0.1, 0.15) is 12.0 Å². The Balaban J connectivity index is 3.12. The summed E-state index contributed by atoms with van der Waals surface area (Å²) in [6.07, 6.45) is 1.05. The SMILES string of the molecule is CCO[C@@H](C)n1cc(CO)c(N)nc1=O. The molecule has 0 saturated carbocycles. The van der Waals surface area contributed by atoms with Crippen molar-refractivity contribution < 1.29 is 9.84 Å². The largest absolute Gasteiger partial charge is 0.391 e. The van der Waals surface area contributed by atoms with Gasteiger partial charge in [0.2, 0.25) is 0 Å². The average Bonchev–Trinajstić information content (AvgIpc) is 2.18. The van der Waals surface area contributed by atoms with E-state index >= 15 is 0 Å². The van der Waals surface area contributed by atoms with Crippen molar-refractivity contribution in [1.29, 1.82) is 0 Å². The molecular formula is C9H15N3O3. The Bertz CT molecular complexity index is 389. The normalized spacial score (nSPS) is 12.7. The van der Waals surface area contributed by atoms with Crippen molar-refractivity contribution in [1.82, 2.24) is 9.55 Å². The molecule has 84 valence electrons. The third-order valence-corrected chi connectivity index (χ3v) is 2.03. The van der Waals surface area contributed by atoms with E-state index in [1.807, 2.05) is 6.92 Å². The molecule has 6 heteroatoms. The molecule has 0 aliphatic rings. The third-order valence-electron chi connectivity index (χ3n) is 2.03. The summed E-state index contributed by atoms with van der Waals surface area (Å²) in [6.45, 7) is 3.80. The van der Waals surface area contributed by atoms with Gasteiger partial charge < -0.3 is 15.6 Å². The number of aromatic nitrogens is 2. The minimum atomic E-state index is -0.481. The predicted octanol–water partition coefficient (Wildman–Crippen LogP) is -0.127. The van der Waals surface area contributed by atoms with E-state index in [2.05, 4.69) is 4.98 Å². The molecule has 15 heavy (non-hydrogen) atoms. The number of hydrogen-bond donors (Lipinski definition) is 2. The first-order chi connectivity index (χ1) is 7.10. The Morgan fingerprint density at radius 2 is 2.40 bits per heavy atom. The molecule has 3 N–H and O–H groups in total. The number of anilines is 1. The molecule has 0 amide bonds. The minimum absolute atomic E-state index is 0.0578. The number of nitrogens with two attached hydrogens (primary N) is 1. The fourth-order valence-electron chi connectivity index (χ4n) is 1.23. The van der Waals surface area contributed by atoms with Crippen LogP contribution in [-0.4, -0.2) is 21.3 Å². The van der Waals surface area contributed by atoms with E-state index in [9.17, 15) is 4.79 Å². The number of hydrogen-bond acceptors (Lipinski definition) is 5. The predicted molar refractivity (Wildman–Crippen MR) is 55.2 cm³/mol. The van der Waals surface area contributed by atoms with Crippen molar-refractivity contribution in [2.75, 3.05) is 12.3 Å². The van der Waals surface area contributed by atoms with Gasteiger partial charge in [-0.25, -0.2) is 4.79 Å². The second kappa shape index (κ2) is 4.90. The first-order valence-corrected chi connectivity index (χ1v) is 4.70. The second-order valence-electron chi connectivity index (χ2n) is 3.05. The summed E-state index contributed by atoms with van der Waals surface area (Å²) >= 11 is 0. The van der Waals surface area contributed by atoms with Crippen LogP contribution in [0.2, 0.25) is 0 Å². The fourth-order valence-corrected chi connectivity index (χ4v) is 1.23. The quantitative estimate of drug-likeness (QED) is 0.727. The highest BCUT2D eigenvalue weighted by molar-refractivity contribution is 5.35. The zero-order valence-corrected chi connectivity index (χ0v) is 8.80. The van der Waals surface area contributed by atoms with Crippen molar-refractivity contribution >= 4 is 5.82 Å². The van der Waals surface area contributed by atoms with Gasteiger partial charge in [0.05, 0.1) is 6.61 Å². The van der Waals surface area contributed by atoms with Crippen molar-refractivity contribution in [2.45, 2.75) is 26.7 Å². The molecule has 0 saturated heterocycles. The lowest BCUT2D eigenvalue weighted by molar-refractivity contribution is 0.0210. The highest BCUT2D eigenvalue weighted by Gasteiger charge is 2.10. The molecule has 1 atom stereocenters. The van der Waals surface area contributed by atoms with Gasteiger partial charge >= 0.3 is 5.69 Å². The van der Waals surface area contributed by atoms with E-state index < -0.39 is 11.9 Å². The van der Waals surface area contributed by atoms with Gasteiger partial charge in [-0.1, -0.05) is 0 Å². The van der Waals surface area contributed by atoms with E-state index in [1.54, 1.807) is 6.92 Å². The molecule has 0 aromatic carbocycles. The Morgan fingerprint density at radius 1 is 1.73 bits per heavy atom. The Labute approximate surface area is 87.3 Å². The maximum atomic E-state index is 11.4. The zero-order valence-electron chi connectivity index (χ0n) is 8.80. The third kappa shape index (κ3) is 2.54. The van der Waals surface area contributed by atoms with Crippen LogP contribution in [0.25, 0.3) is 0 Å². The van der Waals surface area contributed by atoms with Gasteiger partial charge in [-0.05, 0) is 13.8 Å². The van der Waals surface area contributed by atoms with Crippen molar-refractivity contribution in [3.63, 3.8) is 0 Å². The molecule has 1 heterocycles. The summed E-state index contributed by atoms with van der Waals surface area (Å²) in [5.74, 6) is 0.0578. The van der Waals surface area contributed by atoms with E-state index in [0.717, 1.165) is 0 Å². The maximum Gasteiger partial charge on any atom is 0.351 e. The van der Waals surface area contributed by atoms with Crippen LogP contribution in [-0.2, 0) is 11.3 Å². The van der Waals surface area contributed by atoms with Crippen LogP contribution in [0.1, 0.15) is 25.6 Å². The van der Waals surface area contributed by atoms with Gasteiger partial charge in [-0.3, -0.25) is 4.57 Å². The molecule has 1 rings (SSSR count). The van der Waals surface area contributed by atoms with Gasteiger partial charge in [0.25, 0.3) is 0 Å². The topological polar surface area (TPSA) is 90.4 Å². The first kappa shape index (κ1) is 11.7. The zero-order chi connectivity index (χ0) is 11.4. The monoisotopic (exact) mass is 213 g/mol. The lowest BCUT2D eigenvalue weighted by Crippen LogP contribution is -2.28. The number of aliphatic hydroxyl groups excluding tert-OH is 1. The number of aliphatic hydroxyl groups is 1. The van der Waals surface area contributed by atoms with Gasteiger partial charge in [-0.15, -0.1) is 0 Å². The standard InChI is InChI=1S/C9H15N3O3/c1-3-15-6(2)12-4-7(5-13)8(10)11-9(12)14/h4,6,13H,3,5H2,1-2H3,(H2,10,11,14)/t6-/m0/s1. The second-order valence-corrected chi connectivity index (χ2v) is 3.05. The van der Waals surface area contributed by atoms with Gasteiger partial charge in [0, 0.05) is 18.4 Å². The minimum Gasteiger partial charge on any atom is -0.391 e. The summed E-state index contributed by atoms with van der Waals surface area (Å²) in [5, 5.41) is 8.97. The number of nitrogens with zero attached hydrogens (tertiary/aromatic N) is 2. The number of nitrogen functional groups attached to an aromatic ring is 1. The Kier molecular flexibility index (Phi) is 3.81. The van der Waals surface area contributed by atoms with E-state index in [-0.39, 0.29) is 12.4 Å². The fraction of sp³-hybridized carbons (Fsp3) is 0.556. The van der Waals surface area contributed by atoms with Crippen LogP contribution in [0.4, 0.5) is 5.82 Å². The van der Waals surface area contributed by atoms with Gasteiger partial charge in [0.15, 0.2) is 0 Å². The molecule has 0 bridgehead atoms. The van der Waals surface area contributed by atoms with Crippen LogP contribution < -0.4 is 11.4 Å². The summed E-state index contributed by atoms with van der Waals surface area (Å²) in [5.41, 5.74) is 5.39. The molecule has 1 aromatic heterocycles. The van der Waals surface area contributed by atoms with Crippen molar-refractivity contribution in [3.8, 4) is 0 Å². The van der Waals surface area contributed by atoms with E-state index in [0.29, 0.717) is 12.2 Å². The van der Waals surface area contributed by atoms with Crippen LogP contribution >= 0.6 is 0 Å². The van der Waals surface area contributed by atoms with Crippen LogP contribution in [0.15, 0.2) is 11.0 Å². The van der Waals surface area contributed by atoms with E-state index in [4.69, 9.17) is 15.6 Å². The molecule has 0 fully saturated rings. The highest BCUT2D eigenvalue weighted by atomic mass is 16.5. The maximum absolute atomic E-state index is 11.4. The summed E-state index contributed by atoms with van der Waals surface area (Å²) in [4.78, 5) is 15.0. The molecule has 0 unspecified atom stereocenters. The molecule has 0 aliphatic heterocycles. The number of ether oxygens (including phenoxy) is 1. The molecular weight excluding hydrogens is 198 g/mol. The smallest absolute Gasteiger partial charge is 0.351 e. The van der Waals surface area contributed by atoms with Crippen molar-refractivity contribution in [3.05, 3.63) is 22.2 Å². The summed E-state index contributed by atoms with van der Waals surface area (Å²) < 4.78 is 6.55.